The highest BCUT2D eigenvalue weighted by atomic mass is 16.3. The molecule has 2 unspecified atom stereocenters. The lowest BCUT2D eigenvalue weighted by molar-refractivity contribution is -0.121. The van der Waals surface area contributed by atoms with Gasteiger partial charge in [-0.3, -0.25) is 4.79 Å². The van der Waals surface area contributed by atoms with Gasteiger partial charge in [0.1, 0.15) is 0 Å². The molecule has 1 fully saturated rings. The number of rotatable bonds is 2. The van der Waals surface area contributed by atoms with Crippen LogP contribution in [0.2, 0.25) is 0 Å². The van der Waals surface area contributed by atoms with Gasteiger partial charge in [0, 0.05) is 19.6 Å². The quantitative estimate of drug-likeness (QED) is 0.672. The Balaban J connectivity index is 2.41. The number of nitrogens with one attached hydrogen (secondary N) is 1. The van der Waals surface area contributed by atoms with Crippen molar-refractivity contribution in [2.45, 2.75) is 32.6 Å². The standard InChI is InChI=1S/C10H19NO2/c1-8-7-11-10(13)4-2-3-9(8)5-6-12/h8-9,12H,2-7H2,1H3,(H,11,13). The lowest BCUT2D eigenvalue weighted by Crippen LogP contribution is -2.33. The average Bonchev–Trinajstić information content (AvgIpc) is 2.11. The van der Waals surface area contributed by atoms with E-state index in [4.69, 9.17) is 5.11 Å². The summed E-state index contributed by atoms with van der Waals surface area (Å²) >= 11 is 0. The summed E-state index contributed by atoms with van der Waals surface area (Å²) in [5, 5.41) is 11.8. The van der Waals surface area contributed by atoms with E-state index in [9.17, 15) is 4.79 Å². The van der Waals surface area contributed by atoms with E-state index in [2.05, 4.69) is 12.2 Å². The number of carbonyl (C=O) groups is 1. The van der Waals surface area contributed by atoms with Crippen molar-refractivity contribution in [1.82, 2.24) is 5.32 Å². The highest BCUT2D eigenvalue weighted by molar-refractivity contribution is 5.75. The molecule has 0 aliphatic carbocycles. The van der Waals surface area contributed by atoms with Crippen LogP contribution in [-0.4, -0.2) is 24.2 Å². The summed E-state index contributed by atoms with van der Waals surface area (Å²) in [6.45, 7) is 3.18. The van der Waals surface area contributed by atoms with Gasteiger partial charge in [0.25, 0.3) is 0 Å². The van der Waals surface area contributed by atoms with Crippen LogP contribution in [0.25, 0.3) is 0 Å². The topological polar surface area (TPSA) is 49.3 Å². The van der Waals surface area contributed by atoms with Crippen molar-refractivity contribution in [3.8, 4) is 0 Å². The van der Waals surface area contributed by atoms with Crippen LogP contribution < -0.4 is 5.32 Å². The van der Waals surface area contributed by atoms with Crippen LogP contribution in [0.4, 0.5) is 0 Å². The first-order valence-corrected chi connectivity index (χ1v) is 5.11. The number of aliphatic hydroxyl groups is 1. The summed E-state index contributed by atoms with van der Waals surface area (Å²) in [6.07, 6.45) is 3.56. The summed E-state index contributed by atoms with van der Waals surface area (Å²) in [5.41, 5.74) is 0. The first kappa shape index (κ1) is 10.5. The predicted octanol–water partition coefficient (Wildman–Crippen LogP) is 0.921. The van der Waals surface area contributed by atoms with Crippen molar-refractivity contribution in [1.29, 1.82) is 0 Å². The zero-order valence-corrected chi connectivity index (χ0v) is 8.25. The Labute approximate surface area is 79.5 Å². The second-order valence-corrected chi connectivity index (χ2v) is 3.95. The van der Waals surface area contributed by atoms with Gasteiger partial charge in [-0.05, 0) is 31.1 Å². The highest BCUT2D eigenvalue weighted by Gasteiger charge is 2.20. The molecule has 2 atom stereocenters. The molecular weight excluding hydrogens is 166 g/mol. The zero-order valence-electron chi connectivity index (χ0n) is 8.25. The van der Waals surface area contributed by atoms with Crippen LogP contribution in [0.15, 0.2) is 0 Å². The van der Waals surface area contributed by atoms with Gasteiger partial charge in [-0.15, -0.1) is 0 Å². The molecule has 13 heavy (non-hydrogen) atoms. The lowest BCUT2D eigenvalue weighted by atomic mass is 9.85. The second-order valence-electron chi connectivity index (χ2n) is 3.95. The van der Waals surface area contributed by atoms with E-state index in [1.165, 1.54) is 0 Å². The monoisotopic (exact) mass is 185 g/mol. The fraction of sp³-hybridized carbons (Fsp3) is 0.900. The van der Waals surface area contributed by atoms with Gasteiger partial charge in [-0.1, -0.05) is 6.92 Å². The minimum Gasteiger partial charge on any atom is -0.396 e. The normalized spacial score (nSPS) is 30.5. The maximum absolute atomic E-state index is 11.1. The van der Waals surface area contributed by atoms with Gasteiger partial charge >= 0.3 is 0 Å². The van der Waals surface area contributed by atoms with E-state index in [1.54, 1.807) is 0 Å². The third-order valence-electron chi connectivity index (χ3n) is 2.90. The fourth-order valence-electron chi connectivity index (χ4n) is 1.93. The Morgan fingerprint density at radius 2 is 2.38 bits per heavy atom. The molecule has 3 heteroatoms. The molecule has 1 heterocycles. The van der Waals surface area contributed by atoms with Gasteiger partial charge in [0.2, 0.25) is 5.91 Å². The van der Waals surface area contributed by atoms with Crippen LogP contribution in [0.1, 0.15) is 32.6 Å². The summed E-state index contributed by atoms with van der Waals surface area (Å²) in [6, 6.07) is 0. The zero-order chi connectivity index (χ0) is 9.68. The smallest absolute Gasteiger partial charge is 0.220 e. The van der Waals surface area contributed by atoms with Gasteiger partial charge in [0.05, 0.1) is 0 Å². The van der Waals surface area contributed by atoms with Crippen molar-refractivity contribution >= 4 is 5.91 Å². The van der Waals surface area contributed by atoms with Gasteiger partial charge in [0.15, 0.2) is 0 Å². The molecule has 0 spiro atoms. The molecule has 0 aromatic rings. The van der Waals surface area contributed by atoms with E-state index in [0.717, 1.165) is 25.8 Å². The SMILES string of the molecule is CC1CNC(=O)CCCC1CCO. The maximum atomic E-state index is 11.1. The first-order valence-electron chi connectivity index (χ1n) is 5.11. The molecule has 1 rings (SSSR count). The van der Waals surface area contributed by atoms with Gasteiger partial charge in [-0.25, -0.2) is 0 Å². The predicted molar refractivity (Wildman–Crippen MR) is 51.2 cm³/mol. The van der Waals surface area contributed by atoms with Crippen LogP contribution in [-0.2, 0) is 4.79 Å². The van der Waals surface area contributed by atoms with Crippen LogP contribution >= 0.6 is 0 Å². The Morgan fingerprint density at radius 3 is 3.08 bits per heavy atom. The molecule has 1 aliphatic rings. The van der Waals surface area contributed by atoms with Crippen molar-refractivity contribution < 1.29 is 9.90 Å². The molecule has 0 radical (unpaired) electrons. The number of hydrogen-bond acceptors (Lipinski definition) is 2. The Hall–Kier alpha value is -0.570. The molecule has 1 amide bonds. The summed E-state index contributed by atoms with van der Waals surface area (Å²) < 4.78 is 0. The number of amides is 1. The minimum atomic E-state index is 0.175. The molecule has 0 saturated carbocycles. The molecule has 0 bridgehead atoms. The van der Waals surface area contributed by atoms with E-state index in [-0.39, 0.29) is 12.5 Å². The second kappa shape index (κ2) is 5.22. The number of hydrogen-bond donors (Lipinski definition) is 2. The van der Waals surface area contributed by atoms with Crippen molar-refractivity contribution in [2.24, 2.45) is 11.8 Å². The largest absolute Gasteiger partial charge is 0.396 e. The summed E-state index contributed by atoms with van der Waals surface area (Å²) in [5.74, 6) is 1.25. The van der Waals surface area contributed by atoms with Crippen LogP contribution in [0.3, 0.4) is 0 Å². The molecule has 3 nitrogen and oxygen atoms in total. The molecule has 0 aromatic carbocycles. The number of carbonyl (C=O) groups excluding carboxylic acids is 1. The third-order valence-corrected chi connectivity index (χ3v) is 2.90. The Kier molecular flexibility index (Phi) is 4.22. The highest BCUT2D eigenvalue weighted by Crippen LogP contribution is 2.23. The minimum absolute atomic E-state index is 0.175. The van der Waals surface area contributed by atoms with Gasteiger partial charge < -0.3 is 10.4 Å². The van der Waals surface area contributed by atoms with Gasteiger partial charge in [-0.2, -0.15) is 0 Å². The molecule has 2 N–H and O–H groups in total. The van der Waals surface area contributed by atoms with Crippen LogP contribution in [0, 0.1) is 11.8 Å². The van der Waals surface area contributed by atoms with Crippen molar-refractivity contribution in [3.63, 3.8) is 0 Å². The fourth-order valence-corrected chi connectivity index (χ4v) is 1.93. The van der Waals surface area contributed by atoms with E-state index < -0.39 is 0 Å². The third kappa shape index (κ3) is 3.35. The van der Waals surface area contributed by atoms with Crippen LogP contribution in [0.5, 0.6) is 0 Å². The first-order chi connectivity index (χ1) is 6.24. The molecule has 1 saturated heterocycles. The van der Waals surface area contributed by atoms with Crippen molar-refractivity contribution in [3.05, 3.63) is 0 Å². The molecular formula is C10H19NO2. The molecule has 76 valence electrons. The number of aliphatic hydroxyl groups excluding tert-OH is 1. The lowest BCUT2D eigenvalue weighted by Gasteiger charge is -2.25. The van der Waals surface area contributed by atoms with E-state index in [1.807, 2.05) is 0 Å². The molecule has 0 aromatic heterocycles. The Bertz CT molecular complexity index is 170. The van der Waals surface area contributed by atoms with E-state index in [0.29, 0.717) is 18.3 Å². The Morgan fingerprint density at radius 1 is 1.62 bits per heavy atom. The molecule has 1 aliphatic heterocycles. The summed E-state index contributed by atoms with van der Waals surface area (Å²) in [4.78, 5) is 11.1. The van der Waals surface area contributed by atoms with Crippen molar-refractivity contribution in [2.75, 3.05) is 13.2 Å². The van der Waals surface area contributed by atoms with E-state index >= 15 is 0 Å². The summed E-state index contributed by atoms with van der Waals surface area (Å²) in [7, 11) is 0. The maximum Gasteiger partial charge on any atom is 0.220 e. The average molecular weight is 185 g/mol.